The molecule has 0 aliphatic heterocycles. The van der Waals surface area contributed by atoms with Gasteiger partial charge in [-0.05, 0) is 18.2 Å². The average Bonchev–Trinajstić information content (AvgIpc) is 2.89. The number of carboxylic acids is 1. The van der Waals surface area contributed by atoms with Crippen LogP contribution in [-0.2, 0) is 16.6 Å². The number of hydrogen-bond donors (Lipinski definition) is 3. The standard InChI is InChI=1S/C11H11N3O5S/c12-9-5-7(11(15)16)1-2-10(9)20(17,18)14-6-8-3-4-13-19-8/h1-5,14H,6,12H2,(H,15,16). The van der Waals surface area contributed by atoms with E-state index in [9.17, 15) is 13.2 Å². The fraction of sp³-hybridized carbons (Fsp3) is 0.0909. The van der Waals surface area contributed by atoms with Gasteiger partial charge in [0.2, 0.25) is 10.0 Å². The molecule has 2 rings (SSSR count). The first kappa shape index (κ1) is 14.0. The molecule has 0 unspecified atom stereocenters. The fourth-order valence-corrected chi connectivity index (χ4v) is 2.61. The molecule has 0 aliphatic rings. The molecule has 1 aromatic carbocycles. The van der Waals surface area contributed by atoms with Crippen LogP contribution in [0.3, 0.4) is 0 Å². The van der Waals surface area contributed by atoms with Gasteiger partial charge in [0.25, 0.3) is 0 Å². The Morgan fingerprint density at radius 3 is 2.70 bits per heavy atom. The number of carboxylic acid groups (broad SMARTS) is 1. The first-order valence-electron chi connectivity index (χ1n) is 5.42. The second-order valence-corrected chi connectivity index (χ2v) is 5.60. The van der Waals surface area contributed by atoms with Crippen molar-refractivity contribution < 1.29 is 22.8 Å². The Morgan fingerprint density at radius 2 is 2.15 bits per heavy atom. The van der Waals surface area contributed by atoms with E-state index in [1.165, 1.54) is 18.3 Å². The molecule has 106 valence electrons. The zero-order valence-corrected chi connectivity index (χ0v) is 10.9. The summed E-state index contributed by atoms with van der Waals surface area (Å²) in [6.45, 7) is -0.0809. The second kappa shape index (κ2) is 5.31. The van der Waals surface area contributed by atoms with Crippen molar-refractivity contribution >= 4 is 21.7 Å². The van der Waals surface area contributed by atoms with Crippen LogP contribution in [0.15, 0.2) is 39.9 Å². The molecular formula is C11H11N3O5S. The van der Waals surface area contributed by atoms with Crippen LogP contribution in [0.4, 0.5) is 5.69 Å². The number of hydrogen-bond acceptors (Lipinski definition) is 6. The van der Waals surface area contributed by atoms with Gasteiger partial charge >= 0.3 is 5.97 Å². The van der Waals surface area contributed by atoms with Crippen LogP contribution >= 0.6 is 0 Å². The van der Waals surface area contributed by atoms with Crippen molar-refractivity contribution in [3.63, 3.8) is 0 Å². The van der Waals surface area contributed by atoms with Gasteiger partial charge in [-0.1, -0.05) is 5.16 Å². The summed E-state index contributed by atoms with van der Waals surface area (Å²) < 4.78 is 31.1. The predicted molar refractivity (Wildman–Crippen MR) is 68.3 cm³/mol. The van der Waals surface area contributed by atoms with E-state index < -0.39 is 16.0 Å². The van der Waals surface area contributed by atoms with Gasteiger partial charge < -0.3 is 15.4 Å². The lowest BCUT2D eigenvalue weighted by Crippen LogP contribution is -2.24. The lowest BCUT2D eigenvalue weighted by Gasteiger charge is -2.08. The van der Waals surface area contributed by atoms with Crippen LogP contribution < -0.4 is 10.5 Å². The van der Waals surface area contributed by atoms with Crippen molar-refractivity contribution in [3.05, 3.63) is 41.8 Å². The molecular weight excluding hydrogens is 286 g/mol. The second-order valence-electron chi connectivity index (χ2n) is 3.86. The van der Waals surface area contributed by atoms with Gasteiger partial charge in [0.15, 0.2) is 5.76 Å². The molecule has 8 nitrogen and oxygen atoms in total. The van der Waals surface area contributed by atoms with Crippen molar-refractivity contribution in [2.75, 3.05) is 5.73 Å². The molecule has 0 radical (unpaired) electrons. The number of benzene rings is 1. The largest absolute Gasteiger partial charge is 0.478 e. The third-order valence-electron chi connectivity index (χ3n) is 2.47. The molecule has 0 atom stereocenters. The van der Waals surface area contributed by atoms with Gasteiger partial charge in [-0.3, -0.25) is 0 Å². The van der Waals surface area contributed by atoms with Crippen LogP contribution in [0.1, 0.15) is 16.1 Å². The Balaban J connectivity index is 2.23. The highest BCUT2D eigenvalue weighted by Crippen LogP contribution is 2.20. The van der Waals surface area contributed by atoms with Gasteiger partial charge in [-0.15, -0.1) is 0 Å². The van der Waals surface area contributed by atoms with Gasteiger partial charge in [-0.2, -0.15) is 0 Å². The van der Waals surface area contributed by atoms with E-state index in [1.807, 2.05) is 0 Å². The topological polar surface area (TPSA) is 136 Å². The van der Waals surface area contributed by atoms with Gasteiger partial charge in [0.05, 0.1) is 24.0 Å². The SMILES string of the molecule is Nc1cc(C(=O)O)ccc1S(=O)(=O)NCc1ccno1. The summed E-state index contributed by atoms with van der Waals surface area (Å²) >= 11 is 0. The molecule has 20 heavy (non-hydrogen) atoms. The van der Waals surface area contributed by atoms with Crippen molar-refractivity contribution in [1.82, 2.24) is 9.88 Å². The Hall–Kier alpha value is -2.39. The third kappa shape index (κ3) is 2.95. The van der Waals surface area contributed by atoms with Crippen LogP contribution in [0.25, 0.3) is 0 Å². The number of nitrogens with zero attached hydrogens (tertiary/aromatic N) is 1. The third-order valence-corrected chi connectivity index (χ3v) is 3.95. The monoisotopic (exact) mass is 297 g/mol. The number of aromatic carboxylic acids is 1. The molecule has 4 N–H and O–H groups in total. The minimum absolute atomic E-state index is 0.0809. The van der Waals surface area contributed by atoms with Crippen molar-refractivity contribution in [1.29, 1.82) is 0 Å². The fourth-order valence-electron chi connectivity index (χ4n) is 1.50. The Labute approximate surface area is 114 Å². The summed E-state index contributed by atoms with van der Waals surface area (Å²) in [5, 5.41) is 12.2. The molecule has 0 fully saturated rings. The van der Waals surface area contributed by atoms with E-state index in [4.69, 9.17) is 15.4 Å². The highest BCUT2D eigenvalue weighted by Gasteiger charge is 2.19. The summed E-state index contributed by atoms with van der Waals surface area (Å²) in [6, 6.07) is 4.91. The number of nitrogen functional groups attached to an aromatic ring is 1. The summed E-state index contributed by atoms with van der Waals surface area (Å²) in [4.78, 5) is 10.6. The van der Waals surface area contributed by atoms with Crippen molar-refractivity contribution in [2.24, 2.45) is 0 Å². The normalized spacial score (nSPS) is 11.4. The number of aromatic nitrogens is 1. The van der Waals surface area contributed by atoms with Crippen LogP contribution in [0, 0.1) is 0 Å². The van der Waals surface area contributed by atoms with E-state index in [-0.39, 0.29) is 22.7 Å². The van der Waals surface area contributed by atoms with Crippen molar-refractivity contribution in [2.45, 2.75) is 11.4 Å². The number of carbonyl (C=O) groups is 1. The Morgan fingerprint density at radius 1 is 1.40 bits per heavy atom. The number of nitrogens with one attached hydrogen (secondary N) is 1. The van der Waals surface area contributed by atoms with Gasteiger partial charge in [-0.25, -0.2) is 17.9 Å². The van der Waals surface area contributed by atoms with Crippen LogP contribution in [0.2, 0.25) is 0 Å². The zero-order chi connectivity index (χ0) is 14.8. The highest BCUT2D eigenvalue weighted by molar-refractivity contribution is 7.89. The van der Waals surface area contributed by atoms with Crippen molar-refractivity contribution in [3.8, 4) is 0 Å². The first-order valence-corrected chi connectivity index (χ1v) is 6.90. The van der Waals surface area contributed by atoms with Crippen LogP contribution in [-0.4, -0.2) is 24.7 Å². The molecule has 0 amide bonds. The average molecular weight is 297 g/mol. The lowest BCUT2D eigenvalue weighted by atomic mass is 10.2. The Kier molecular flexibility index (Phi) is 3.72. The van der Waals surface area contributed by atoms with Crippen LogP contribution in [0.5, 0.6) is 0 Å². The van der Waals surface area contributed by atoms with E-state index in [1.54, 1.807) is 0 Å². The molecule has 2 aromatic rings. The molecule has 0 bridgehead atoms. The Bertz CT molecular complexity index is 725. The maximum Gasteiger partial charge on any atom is 0.335 e. The molecule has 1 heterocycles. The first-order chi connectivity index (χ1) is 9.40. The quantitative estimate of drug-likeness (QED) is 0.681. The molecule has 0 spiro atoms. The molecule has 0 aliphatic carbocycles. The number of anilines is 1. The number of nitrogens with two attached hydrogens (primary N) is 1. The minimum atomic E-state index is -3.87. The predicted octanol–water partition coefficient (Wildman–Crippen LogP) is 0.433. The lowest BCUT2D eigenvalue weighted by molar-refractivity contribution is 0.0697. The highest BCUT2D eigenvalue weighted by atomic mass is 32.2. The summed E-state index contributed by atoms with van der Waals surface area (Å²) in [5.74, 6) is -0.843. The minimum Gasteiger partial charge on any atom is -0.478 e. The molecule has 1 aromatic heterocycles. The molecule has 9 heteroatoms. The van der Waals surface area contributed by atoms with E-state index >= 15 is 0 Å². The smallest absolute Gasteiger partial charge is 0.335 e. The maximum atomic E-state index is 12.0. The van der Waals surface area contributed by atoms with E-state index in [2.05, 4.69) is 9.88 Å². The molecule has 0 saturated heterocycles. The van der Waals surface area contributed by atoms with Gasteiger partial charge in [0.1, 0.15) is 4.90 Å². The number of rotatable bonds is 5. The summed E-state index contributed by atoms with van der Waals surface area (Å²) in [7, 11) is -3.87. The van der Waals surface area contributed by atoms with E-state index in [0.717, 1.165) is 12.1 Å². The maximum absolute atomic E-state index is 12.0. The summed E-state index contributed by atoms with van der Waals surface area (Å²) in [5.41, 5.74) is 5.35. The van der Waals surface area contributed by atoms with Gasteiger partial charge in [0, 0.05) is 6.07 Å². The zero-order valence-electron chi connectivity index (χ0n) is 10.1. The van der Waals surface area contributed by atoms with E-state index in [0.29, 0.717) is 5.76 Å². The summed E-state index contributed by atoms with van der Waals surface area (Å²) in [6.07, 6.45) is 1.39. The molecule has 0 saturated carbocycles. The number of sulfonamides is 1.